The van der Waals surface area contributed by atoms with Crippen molar-refractivity contribution in [3.8, 4) is 0 Å². The molecule has 144 valence electrons. The van der Waals surface area contributed by atoms with Crippen LogP contribution in [0, 0.1) is 5.92 Å². The molecule has 4 N–H and O–H groups in total. The van der Waals surface area contributed by atoms with Gasteiger partial charge in [-0.3, -0.25) is 14.9 Å². The average Bonchev–Trinajstić information content (AvgIpc) is 3.14. The van der Waals surface area contributed by atoms with Crippen molar-refractivity contribution >= 4 is 17.8 Å². The Morgan fingerprint density at radius 1 is 1.26 bits per heavy atom. The zero-order valence-electron chi connectivity index (χ0n) is 15.0. The highest BCUT2D eigenvalue weighted by atomic mass is 16.5. The number of rotatable bonds is 7. The summed E-state index contributed by atoms with van der Waals surface area (Å²) in [6.07, 6.45) is 2.92. The monoisotopic (exact) mass is 372 g/mol. The van der Waals surface area contributed by atoms with E-state index < -0.39 is 6.04 Å². The largest absolute Gasteiger partial charge is 0.381 e. The Kier molecular flexibility index (Phi) is 6.50. The van der Waals surface area contributed by atoms with Crippen LogP contribution in [0.25, 0.3) is 0 Å². The van der Waals surface area contributed by atoms with Crippen LogP contribution < -0.4 is 16.4 Å². The summed E-state index contributed by atoms with van der Waals surface area (Å²) in [6.45, 7) is 1.70. The number of hydrogen-bond acceptors (Lipinski definition) is 6. The molecule has 1 fully saturated rings. The van der Waals surface area contributed by atoms with Crippen LogP contribution in [-0.4, -0.2) is 45.8 Å². The van der Waals surface area contributed by atoms with E-state index in [0.29, 0.717) is 19.8 Å². The van der Waals surface area contributed by atoms with Gasteiger partial charge in [0.15, 0.2) is 0 Å². The minimum Gasteiger partial charge on any atom is -0.381 e. The van der Waals surface area contributed by atoms with Gasteiger partial charge in [-0.25, -0.2) is 9.67 Å². The first kappa shape index (κ1) is 19.0. The molecular weight excluding hydrogens is 348 g/mol. The SMILES string of the molecule is NC(C(=O)Nc1ncn(CC(=O)NCc2ccccc2)n1)C1CCOCC1. The quantitative estimate of drug-likeness (QED) is 0.642. The summed E-state index contributed by atoms with van der Waals surface area (Å²) in [5.41, 5.74) is 7.04. The van der Waals surface area contributed by atoms with E-state index in [0.717, 1.165) is 18.4 Å². The minimum atomic E-state index is -0.630. The number of carbonyl (C=O) groups is 2. The van der Waals surface area contributed by atoms with Crippen LogP contribution in [-0.2, 0) is 27.4 Å². The molecule has 1 unspecified atom stereocenters. The summed E-state index contributed by atoms with van der Waals surface area (Å²) < 4.78 is 6.65. The lowest BCUT2D eigenvalue weighted by Crippen LogP contribution is -2.44. The average molecular weight is 372 g/mol. The molecule has 27 heavy (non-hydrogen) atoms. The third-order valence-corrected chi connectivity index (χ3v) is 4.49. The fourth-order valence-corrected chi connectivity index (χ4v) is 2.91. The van der Waals surface area contributed by atoms with Crippen molar-refractivity contribution in [2.75, 3.05) is 18.5 Å². The molecule has 0 bridgehead atoms. The van der Waals surface area contributed by atoms with Crippen molar-refractivity contribution in [3.63, 3.8) is 0 Å². The molecule has 2 heterocycles. The second kappa shape index (κ2) is 9.24. The van der Waals surface area contributed by atoms with Crippen LogP contribution in [0.4, 0.5) is 5.95 Å². The van der Waals surface area contributed by atoms with Crippen molar-refractivity contribution in [3.05, 3.63) is 42.2 Å². The standard InChI is InChI=1S/C18H24N6O3/c19-16(14-6-8-27-9-7-14)17(26)22-18-21-12-24(23-18)11-15(25)20-10-13-4-2-1-3-5-13/h1-5,12,14,16H,6-11,19H2,(H,20,25)(H,22,23,26). The molecule has 9 heteroatoms. The molecule has 1 saturated heterocycles. The van der Waals surface area contributed by atoms with Crippen molar-refractivity contribution in [2.24, 2.45) is 11.7 Å². The number of carbonyl (C=O) groups excluding carboxylic acids is 2. The Balaban J connectivity index is 1.46. The van der Waals surface area contributed by atoms with E-state index in [2.05, 4.69) is 20.7 Å². The number of nitrogens with zero attached hydrogens (tertiary/aromatic N) is 3. The maximum Gasteiger partial charge on any atom is 0.248 e. The molecule has 0 spiro atoms. The van der Waals surface area contributed by atoms with Gasteiger partial charge < -0.3 is 15.8 Å². The third kappa shape index (κ3) is 5.60. The lowest BCUT2D eigenvalue weighted by molar-refractivity contribution is -0.122. The molecule has 9 nitrogen and oxygen atoms in total. The molecular formula is C18H24N6O3. The molecule has 1 atom stereocenters. The van der Waals surface area contributed by atoms with E-state index in [1.165, 1.54) is 11.0 Å². The molecule has 1 aromatic heterocycles. The van der Waals surface area contributed by atoms with Crippen LogP contribution in [0.2, 0.25) is 0 Å². The Morgan fingerprint density at radius 2 is 2.00 bits per heavy atom. The number of anilines is 1. The molecule has 0 radical (unpaired) electrons. The molecule has 1 aliphatic rings. The summed E-state index contributed by atoms with van der Waals surface area (Å²) in [6, 6.07) is 8.99. The van der Waals surface area contributed by atoms with Gasteiger partial charge in [0.2, 0.25) is 17.8 Å². The molecule has 2 amide bonds. The number of amides is 2. The molecule has 2 aromatic rings. The van der Waals surface area contributed by atoms with E-state index in [4.69, 9.17) is 10.5 Å². The van der Waals surface area contributed by atoms with Crippen molar-refractivity contribution < 1.29 is 14.3 Å². The number of ether oxygens (including phenoxy) is 1. The lowest BCUT2D eigenvalue weighted by Gasteiger charge is -2.26. The Bertz CT molecular complexity index is 757. The van der Waals surface area contributed by atoms with Crippen LogP contribution >= 0.6 is 0 Å². The van der Waals surface area contributed by atoms with Gasteiger partial charge in [-0.05, 0) is 24.3 Å². The number of nitrogens with one attached hydrogen (secondary N) is 2. The molecule has 0 saturated carbocycles. The van der Waals surface area contributed by atoms with E-state index in [1.807, 2.05) is 30.3 Å². The van der Waals surface area contributed by atoms with Gasteiger partial charge in [0, 0.05) is 19.8 Å². The first-order valence-corrected chi connectivity index (χ1v) is 8.96. The van der Waals surface area contributed by atoms with Crippen LogP contribution in [0.5, 0.6) is 0 Å². The lowest BCUT2D eigenvalue weighted by atomic mass is 9.92. The Morgan fingerprint density at radius 3 is 2.74 bits per heavy atom. The van der Waals surface area contributed by atoms with Gasteiger partial charge in [0.25, 0.3) is 0 Å². The summed E-state index contributed by atoms with van der Waals surface area (Å²) in [5, 5.41) is 9.53. The predicted molar refractivity (Wildman–Crippen MR) is 98.5 cm³/mol. The number of nitrogens with two attached hydrogens (primary N) is 1. The molecule has 0 aliphatic carbocycles. The van der Waals surface area contributed by atoms with Gasteiger partial charge in [0.1, 0.15) is 12.9 Å². The minimum absolute atomic E-state index is 0.0156. The number of benzene rings is 1. The van der Waals surface area contributed by atoms with Crippen LogP contribution in [0.15, 0.2) is 36.7 Å². The highest BCUT2D eigenvalue weighted by Crippen LogP contribution is 2.18. The zero-order valence-corrected chi connectivity index (χ0v) is 15.0. The second-order valence-corrected chi connectivity index (χ2v) is 6.49. The molecule has 1 aliphatic heterocycles. The normalized spacial score (nSPS) is 15.9. The van der Waals surface area contributed by atoms with E-state index in [1.54, 1.807) is 0 Å². The first-order chi connectivity index (χ1) is 13.1. The summed E-state index contributed by atoms with van der Waals surface area (Å²) >= 11 is 0. The smallest absolute Gasteiger partial charge is 0.248 e. The second-order valence-electron chi connectivity index (χ2n) is 6.49. The van der Waals surface area contributed by atoms with Crippen LogP contribution in [0.1, 0.15) is 18.4 Å². The molecule has 1 aromatic carbocycles. The third-order valence-electron chi connectivity index (χ3n) is 4.49. The molecule has 3 rings (SSSR count). The van der Waals surface area contributed by atoms with Crippen LogP contribution in [0.3, 0.4) is 0 Å². The summed E-state index contributed by atoms with van der Waals surface area (Å²) in [7, 11) is 0. The summed E-state index contributed by atoms with van der Waals surface area (Å²) in [4.78, 5) is 28.3. The van der Waals surface area contributed by atoms with Gasteiger partial charge in [0.05, 0.1) is 6.04 Å². The topological polar surface area (TPSA) is 124 Å². The maximum atomic E-state index is 12.3. The highest BCUT2D eigenvalue weighted by molar-refractivity contribution is 5.93. The summed E-state index contributed by atoms with van der Waals surface area (Å²) in [5.74, 6) is -0.295. The van der Waals surface area contributed by atoms with E-state index in [-0.39, 0.29) is 30.2 Å². The van der Waals surface area contributed by atoms with Crippen molar-refractivity contribution in [1.82, 2.24) is 20.1 Å². The van der Waals surface area contributed by atoms with Crippen molar-refractivity contribution in [1.29, 1.82) is 0 Å². The van der Waals surface area contributed by atoms with Gasteiger partial charge in [-0.15, -0.1) is 5.10 Å². The van der Waals surface area contributed by atoms with E-state index in [9.17, 15) is 9.59 Å². The van der Waals surface area contributed by atoms with Gasteiger partial charge in [-0.1, -0.05) is 30.3 Å². The van der Waals surface area contributed by atoms with Crippen molar-refractivity contribution in [2.45, 2.75) is 32.0 Å². The predicted octanol–water partition coefficient (Wildman–Crippen LogP) is 0.287. The Labute approximate surface area is 157 Å². The number of hydrogen-bond donors (Lipinski definition) is 3. The van der Waals surface area contributed by atoms with Gasteiger partial charge in [-0.2, -0.15) is 0 Å². The Hall–Kier alpha value is -2.78. The number of aromatic nitrogens is 3. The first-order valence-electron chi connectivity index (χ1n) is 8.96. The van der Waals surface area contributed by atoms with E-state index >= 15 is 0 Å². The fraction of sp³-hybridized carbons (Fsp3) is 0.444. The zero-order chi connectivity index (χ0) is 19.1. The van der Waals surface area contributed by atoms with Gasteiger partial charge >= 0.3 is 0 Å². The highest BCUT2D eigenvalue weighted by Gasteiger charge is 2.27. The maximum absolute atomic E-state index is 12.3. The fourth-order valence-electron chi connectivity index (χ4n) is 2.91.